The van der Waals surface area contributed by atoms with Crippen molar-refractivity contribution in [2.24, 2.45) is 5.41 Å². The molecule has 5 heteroatoms. The maximum atomic E-state index is 5.74. The van der Waals surface area contributed by atoms with E-state index in [1.165, 1.54) is 0 Å². The summed E-state index contributed by atoms with van der Waals surface area (Å²) in [5.41, 5.74) is 5.90. The van der Waals surface area contributed by atoms with Gasteiger partial charge in [-0.2, -0.15) is 0 Å². The largest absolute Gasteiger partial charge is 0.385 e. The molecule has 0 unspecified atom stereocenters. The summed E-state index contributed by atoms with van der Waals surface area (Å²) in [7, 11) is 1.72. The Morgan fingerprint density at radius 3 is 2.72 bits per heavy atom. The molecule has 0 fully saturated rings. The van der Waals surface area contributed by atoms with Crippen LogP contribution in [0.5, 0.6) is 0 Å². The molecule has 3 N–H and O–H groups in total. The van der Waals surface area contributed by atoms with Gasteiger partial charge in [-0.15, -0.1) is 0 Å². The maximum Gasteiger partial charge on any atom is 0.132 e. The van der Waals surface area contributed by atoms with Crippen LogP contribution in [-0.4, -0.2) is 30.2 Å². The van der Waals surface area contributed by atoms with Crippen molar-refractivity contribution in [2.45, 2.75) is 33.6 Å². The van der Waals surface area contributed by atoms with Crippen molar-refractivity contribution < 1.29 is 4.74 Å². The van der Waals surface area contributed by atoms with Gasteiger partial charge in [-0.1, -0.05) is 20.8 Å². The molecule has 1 aromatic rings. The van der Waals surface area contributed by atoms with Gasteiger partial charge < -0.3 is 15.8 Å². The normalized spacial score (nSPS) is 11.6. The lowest BCUT2D eigenvalue weighted by molar-refractivity contribution is 0.157. The maximum absolute atomic E-state index is 5.74. The second-order valence-electron chi connectivity index (χ2n) is 5.21. The van der Waals surface area contributed by atoms with Gasteiger partial charge in [-0.05, 0) is 11.8 Å². The molecule has 18 heavy (non-hydrogen) atoms. The van der Waals surface area contributed by atoms with Crippen LogP contribution < -0.4 is 11.1 Å². The summed E-state index contributed by atoms with van der Waals surface area (Å²) >= 11 is 0. The van der Waals surface area contributed by atoms with Crippen molar-refractivity contribution in [3.05, 3.63) is 11.9 Å². The third-order valence-corrected chi connectivity index (χ3v) is 2.84. The summed E-state index contributed by atoms with van der Waals surface area (Å²) in [6, 6.07) is 1.77. The van der Waals surface area contributed by atoms with Crippen molar-refractivity contribution in [3.8, 4) is 0 Å². The van der Waals surface area contributed by atoms with Gasteiger partial charge in [-0.3, -0.25) is 0 Å². The molecular weight excluding hydrogens is 228 g/mol. The molecule has 0 saturated heterocycles. The van der Waals surface area contributed by atoms with Crippen LogP contribution in [0.2, 0.25) is 0 Å². The number of ether oxygens (including phenoxy) is 1. The van der Waals surface area contributed by atoms with E-state index >= 15 is 0 Å². The lowest BCUT2D eigenvalue weighted by Gasteiger charge is -2.25. The number of nitrogens with two attached hydrogens (primary N) is 1. The Balaban J connectivity index is 2.59. The van der Waals surface area contributed by atoms with E-state index in [1.54, 1.807) is 13.2 Å². The number of aromatic nitrogens is 2. The summed E-state index contributed by atoms with van der Waals surface area (Å²) < 4.78 is 5.11. The highest BCUT2D eigenvalue weighted by Gasteiger charge is 2.17. The Labute approximate surface area is 109 Å². The van der Waals surface area contributed by atoms with E-state index in [4.69, 9.17) is 10.5 Å². The summed E-state index contributed by atoms with van der Waals surface area (Å²) in [6.07, 6.45) is 1.78. The van der Waals surface area contributed by atoms with Crippen molar-refractivity contribution in [1.82, 2.24) is 9.97 Å². The standard InChI is InChI=1S/C13H24N4O/c1-5-11-16-10(14)8-12(17-11)15-9-13(2,3)6-7-18-4/h8H,5-7,9H2,1-4H3,(H3,14,15,16,17). The van der Waals surface area contributed by atoms with Crippen LogP contribution in [0.3, 0.4) is 0 Å². The average Bonchev–Trinajstić information content (AvgIpc) is 2.33. The number of nitrogens with one attached hydrogen (secondary N) is 1. The number of rotatable bonds is 7. The van der Waals surface area contributed by atoms with Crippen LogP contribution in [0.25, 0.3) is 0 Å². The van der Waals surface area contributed by atoms with Crippen molar-refractivity contribution in [1.29, 1.82) is 0 Å². The first kappa shape index (κ1) is 14.7. The smallest absolute Gasteiger partial charge is 0.132 e. The quantitative estimate of drug-likeness (QED) is 0.777. The van der Waals surface area contributed by atoms with Crippen LogP contribution in [0.1, 0.15) is 33.0 Å². The highest BCUT2D eigenvalue weighted by molar-refractivity contribution is 5.44. The number of anilines is 2. The average molecular weight is 252 g/mol. The van der Waals surface area contributed by atoms with Crippen molar-refractivity contribution in [3.63, 3.8) is 0 Å². The minimum absolute atomic E-state index is 0.155. The molecule has 0 radical (unpaired) electrons. The van der Waals surface area contributed by atoms with E-state index in [9.17, 15) is 0 Å². The third-order valence-electron chi connectivity index (χ3n) is 2.84. The molecular formula is C13H24N4O. The van der Waals surface area contributed by atoms with Crippen LogP contribution in [0.4, 0.5) is 11.6 Å². The van der Waals surface area contributed by atoms with Crippen LogP contribution in [0, 0.1) is 5.41 Å². The van der Waals surface area contributed by atoms with E-state index in [0.29, 0.717) is 5.82 Å². The fourth-order valence-electron chi connectivity index (χ4n) is 1.56. The van der Waals surface area contributed by atoms with Gasteiger partial charge >= 0.3 is 0 Å². The first-order valence-electron chi connectivity index (χ1n) is 6.33. The molecule has 0 amide bonds. The molecule has 1 heterocycles. The van der Waals surface area contributed by atoms with Gasteiger partial charge in [0, 0.05) is 32.7 Å². The van der Waals surface area contributed by atoms with Gasteiger partial charge in [0.1, 0.15) is 17.5 Å². The molecule has 102 valence electrons. The summed E-state index contributed by atoms with van der Waals surface area (Å²) in [4.78, 5) is 8.55. The Bertz CT molecular complexity index is 379. The van der Waals surface area contributed by atoms with Gasteiger partial charge in [0.2, 0.25) is 0 Å². The van der Waals surface area contributed by atoms with Gasteiger partial charge in [0.05, 0.1) is 0 Å². The van der Waals surface area contributed by atoms with Crippen LogP contribution in [-0.2, 0) is 11.2 Å². The van der Waals surface area contributed by atoms with E-state index in [-0.39, 0.29) is 5.41 Å². The molecule has 0 bridgehead atoms. The zero-order chi connectivity index (χ0) is 13.6. The number of hydrogen-bond donors (Lipinski definition) is 2. The minimum atomic E-state index is 0.155. The summed E-state index contributed by atoms with van der Waals surface area (Å²) in [5.74, 6) is 2.08. The Morgan fingerprint density at radius 2 is 2.11 bits per heavy atom. The lowest BCUT2D eigenvalue weighted by Crippen LogP contribution is -2.25. The van der Waals surface area contributed by atoms with E-state index in [1.807, 2.05) is 6.92 Å². The van der Waals surface area contributed by atoms with E-state index in [0.717, 1.165) is 37.6 Å². The van der Waals surface area contributed by atoms with E-state index < -0.39 is 0 Å². The topological polar surface area (TPSA) is 73.1 Å². The number of methoxy groups -OCH3 is 1. The predicted octanol–water partition coefficient (Wildman–Crippen LogP) is 2.10. The minimum Gasteiger partial charge on any atom is -0.385 e. The summed E-state index contributed by atoms with van der Waals surface area (Å²) in [6.45, 7) is 8.01. The molecule has 1 rings (SSSR count). The number of nitrogens with zero attached hydrogens (tertiary/aromatic N) is 2. The zero-order valence-corrected chi connectivity index (χ0v) is 11.8. The predicted molar refractivity (Wildman–Crippen MR) is 74.6 cm³/mol. The monoisotopic (exact) mass is 252 g/mol. The first-order valence-corrected chi connectivity index (χ1v) is 6.33. The lowest BCUT2D eigenvalue weighted by atomic mass is 9.90. The molecule has 0 spiro atoms. The first-order chi connectivity index (χ1) is 8.46. The number of nitrogen functional groups attached to an aromatic ring is 1. The molecule has 1 aromatic heterocycles. The molecule has 0 saturated carbocycles. The fourth-order valence-corrected chi connectivity index (χ4v) is 1.56. The third kappa shape index (κ3) is 4.87. The van der Waals surface area contributed by atoms with Crippen LogP contribution >= 0.6 is 0 Å². The Morgan fingerprint density at radius 1 is 1.39 bits per heavy atom. The number of aryl methyl sites for hydroxylation is 1. The number of hydrogen-bond acceptors (Lipinski definition) is 5. The Hall–Kier alpha value is -1.36. The van der Waals surface area contributed by atoms with Gasteiger partial charge in [0.15, 0.2) is 0 Å². The highest BCUT2D eigenvalue weighted by Crippen LogP contribution is 2.21. The molecule has 5 nitrogen and oxygen atoms in total. The van der Waals surface area contributed by atoms with E-state index in [2.05, 4.69) is 29.1 Å². The van der Waals surface area contributed by atoms with Crippen molar-refractivity contribution in [2.75, 3.05) is 31.3 Å². The van der Waals surface area contributed by atoms with Crippen molar-refractivity contribution >= 4 is 11.6 Å². The summed E-state index contributed by atoms with van der Waals surface area (Å²) in [5, 5.41) is 3.32. The highest BCUT2D eigenvalue weighted by atomic mass is 16.5. The molecule has 0 aliphatic rings. The van der Waals surface area contributed by atoms with Gasteiger partial charge in [0.25, 0.3) is 0 Å². The fraction of sp³-hybridized carbons (Fsp3) is 0.692. The SMILES string of the molecule is CCc1nc(N)cc(NCC(C)(C)CCOC)n1. The van der Waals surface area contributed by atoms with Crippen LogP contribution in [0.15, 0.2) is 6.07 Å². The van der Waals surface area contributed by atoms with Gasteiger partial charge in [-0.25, -0.2) is 9.97 Å². The molecule has 0 atom stereocenters. The second kappa shape index (κ2) is 6.54. The second-order valence-corrected chi connectivity index (χ2v) is 5.21. The molecule has 0 aliphatic heterocycles. The zero-order valence-electron chi connectivity index (χ0n) is 11.8. The molecule has 0 aliphatic carbocycles. The molecule has 0 aromatic carbocycles. The Kier molecular flexibility index (Phi) is 5.34.